The minimum Gasteiger partial charge on any atom is -0.390 e. The van der Waals surface area contributed by atoms with Crippen LogP contribution >= 0.6 is 11.6 Å². The minimum absolute atomic E-state index is 0.169. The summed E-state index contributed by atoms with van der Waals surface area (Å²) < 4.78 is 0. The van der Waals surface area contributed by atoms with Crippen molar-refractivity contribution in [1.29, 1.82) is 0 Å². The molecule has 4 aliphatic carbocycles. The normalized spacial score (nSPS) is 36.4. The molecule has 2 atom stereocenters. The van der Waals surface area contributed by atoms with Gasteiger partial charge in [0.2, 0.25) is 0 Å². The van der Waals surface area contributed by atoms with Gasteiger partial charge in [-0.15, -0.1) is 0 Å². The quantitative estimate of drug-likeness (QED) is 0.540. The molecule has 2 N–H and O–H groups in total. The maximum absolute atomic E-state index is 10.8. The Labute approximate surface area is 162 Å². The second-order valence-electron chi connectivity index (χ2n) is 10.1. The van der Waals surface area contributed by atoms with E-state index in [9.17, 15) is 5.11 Å². The molecule has 3 nitrogen and oxygen atoms in total. The Kier molecular flexibility index (Phi) is 4.60. The predicted octanol–water partition coefficient (Wildman–Crippen LogP) is 5.53. The van der Waals surface area contributed by atoms with Crippen molar-refractivity contribution in [2.75, 3.05) is 5.32 Å². The molecule has 5 rings (SSSR count). The summed E-state index contributed by atoms with van der Waals surface area (Å²) in [5, 5.41) is 15.1. The average molecular weight is 375 g/mol. The number of nitrogens with one attached hydrogen (secondary N) is 1. The molecule has 4 bridgehead atoms. The first kappa shape index (κ1) is 18.3. The van der Waals surface area contributed by atoms with Crippen LogP contribution in [0.1, 0.15) is 59.3 Å². The van der Waals surface area contributed by atoms with E-state index in [0.717, 1.165) is 48.1 Å². The van der Waals surface area contributed by atoms with Crippen LogP contribution in [0.2, 0.25) is 5.02 Å². The number of hydrogen-bond donors (Lipinski definition) is 2. The van der Waals surface area contributed by atoms with Crippen LogP contribution in [-0.4, -0.2) is 22.6 Å². The lowest BCUT2D eigenvalue weighted by Gasteiger charge is -2.57. The molecule has 0 spiro atoms. The van der Waals surface area contributed by atoms with Crippen molar-refractivity contribution in [3.05, 3.63) is 29.3 Å². The van der Waals surface area contributed by atoms with Crippen molar-refractivity contribution in [2.45, 2.75) is 70.9 Å². The van der Waals surface area contributed by atoms with Gasteiger partial charge in [-0.2, -0.15) is 0 Å². The third-order valence-corrected chi connectivity index (χ3v) is 6.58. The van der Waals surface area contributed by atoms with E-state index in [-0.39, 0.29) is 5.41 Å². The van der Waals surface area contributed by atoms with E-state index in [0.29, 0.717) is 17.9 Å². The fourth-order valence-corrected chi connectivity index (χ4v) is 5.80. The summed E-state index contributed by atoms with van der Waals surface area (Å²) in [7, 11) is 0. The lowest BCUT2D eigenvalue weighted by Crippen LogP contribution is -2.56. The molecule has 2 unspecified atom stereocenters. The summed E-state index contributed by atoms with van der Waals surface area (Å²) in [6.45, 7) is 6.77. The third kappa shape index (κ3) is 3.94. The predicted molar refractivity (Wildman–Crippen MR) is 109 cm³/mol. The van der Waals surface area contributed by atoms with Crippen molar-refractivity contribution in [3.8, 4) is 0 Å². The smallest absolute Gasteiger partial charge is 0.102 e. The number of nitrogens with zero attached hydrogens (tertiary/aromatic N) is 1. The number of aliphatic imine (C=N–C) groups is 1. The Morgan fingerprint density at radius 2 is 1.77 bits per heavy atom. The first-order chi connectivity index (χ1) is 12.2. The van der Waals surface area contributed by atoms with E-state index in [1.807, 2.05) is 24.3 Å². The number of benzene rings is 1. The highest BCUT2D eigenvalue weighted by atomic mass is 35.5. The van der Waals surface area contributed by atoms with Gasteiger partial charge in [-0.3, -0.25) is 4.99 Å². The van der Waals surface area contributed by atoms with E-state index in [1.54, 1.807) is 0 Å². The maximum atomic E-state index is 10.8. The molecular formula is C22H31ClN2O. The summed E-state index contributed by atoms with van der Waals surface area (Å²) in [4.78, 5) is 5.27. The van der Waals surface area contributed by atoms with E-state index >= 15 is 0 Å². The number of hydrogen-bond acceptors (Lipinski definition) is 2. The molecule has 0 heterocycles. The molecule has 0 aromatic heterocycles. The van der Waals surface area contributed by atoms with Crippen LogP contribution in [0.4, 0.5) is 5.69 Å². The summed E-state index contributed by atoms with van der Waals surface area (Å²) in [5.41, 5.74) is 0.818. The van der Waals surface area contributed by atoms with Crippen LogP contribution < -0.4 is 5.32 Å². The van der Waals surface area contributed by atoms with Gasteiger partial charge in [-0.1, -0.05) is 32.4 Å². The Morgan fingerprint density at radius 3 is 2.31 bits per heavy atom. The lowest BCUT2D eigenvalue weighted by atomic mass is 9.52. The van der Waals surface area contributed by atoms with E-state index in [4.69, 9.17) is 16.6 Å². The van der Waals surface area contributed by atoms with Crippen LogP contribution in [0.3, 0.4) is 0 Å². The van der Waals surface area contributed by atoms with E-state index in [1.165, 1.54) is 12.8 Å². The van der Waals surface area contributed by atoms with Crippen molar-refractivity contribution in [3.63, 3.8) is 0 Å². The largest absolute Gasteiger partial charge is 0.390 e. The number of anilines is 1. The SMILES string of the molecule is CC(C)(C)CC(=NC1C2CC3CC1CC(O)(C3)C2)Nc1ccc(Cl)cc1. The van der Waals surface area contributed by atoms with Gasteiger partial charge in [0.05, 0.1) is 11.6 Å². The fourth-order valence-electron chi connectivity index (χ4n) is 5.67. The van der Waals surface area contributed by atoms with Crippen LogP contribution in [0.5, 0.6) is 0 Å². The lowest BCUT2D eigenvalue weighted by molar-refractivity contribution is -0.132. The van der Waals surface area contributed by atoms with Crippen LogP contribution in [-0.2, 0) is 0 Å². The van der Waals surface area contributed by atoms with Crippen molar-refractivity contribution >= 4 is 23.1 Å². The molecule has 26 heavy (non-hydrogen) atoms. The molecule has 142 valence electrons. The van der Waals surface area contributed by atoms with Crippen molar-refractivity contribution < 1.29 is 5.11 Å². The van der Waals surface area contributed by atoms with Crippen molar-refractivity contribution in [1.82, 2.24) is 0 Å². The fraction of sp³-hybridized carbons (Fsp3) is 0.682. The van der Waals surface area contributed by atoms with Gasteiger partial charge in [0.1, 0.15) is 5.84 Å². The first-order valence-corrected chi connectivity index (χ1v) is 10.4. The second-order valence-corrected chi connectivity index (χ2v) is 10.6. The molecule has 4 aliphatic rings. The molecule has 0 radical (unpaired) electrons. The molecular weight excluding hydrogens is 344 g/mol. The van der Waals surface area contributed by atoms with Gasteiger partial charge < -0.3 is 10.4 Å². The van der Waals surface area contributed by atoms with Gasteiger partial charge >= 0.3 is 0 Å². The monoisotopic (exact) mass is 374 g/mol. The average Bonchev–Trinajstić information content (AvgIpc) is 2.50. The molecule has 1 aromatic rings. The summed E-state index contributed by atoms with van der Waals surface area (Å²) in [6, 6.07) is 8.22. The minimum atomic E-state index is -0.393. The first-order valence-electron chi connectivity index (χ1n) is 10.0. The Bertz CT molecular complexity index is 675. The van der Waals surface area contributed by atoms with Crippen LogP contribution in [0.25, 0.3) is 0 Å². The van der Waals surface area contributed by atoms with Gasteiger partial charge in [0, 0.05) is 17.1 Å². The number of rotatable bonds is 3. The van der Waals surface area contributed by atoms with Gasteiger partial charge in [0.25, 0.3) is 0 Å². The molecule has 0 aliphatic heterocycles. The zero-order valence-electron chi connectivity index (χ0n) is 16.1. The zero-order chi connectivity index (χ0) is 18.5. The number of halogens is 1. The molecule has 4 fully saturated rings. The molecule has 4 heteroatoms. The number of aliphatic hydroxyl groups is 1. The Balaban J connectivity index is 1.58. The highest BCUT2D eigenvalue weighted by Crippen LogP contribution is 2.56. The third-order valence-electron chi connectivity index (χ3n) is 6.33. The zero-order valence-corrected chi connectivity index (χ0v) is 16.9. The molecule has 0 saturated heterocycles. The number of amidine groups is 1. The molecule has 0 amide bonds. The van der Waals surface area contributed by atoms with Gasteiger partial charge in [0.15, 0.2) is 0 Å². The van der Waals surface area contributed by atoms with Crippen molar-refractivity contribution in [2.24, 2.45) is 28.2 Å². The van der Waals surface area contributed by atoms with Gasteiger partial charge in [-0.05, 0) is 79.5 Å². The Hall–Kier alpha value is -1.06. The highest BCUT2D eigenvalue weighted by Gasteiger charge is 2.54. The van der Waals surface area contributed by atoms with Crippen LogP contribution in [0, 0.1) is 23.2 Å². The van der Waals surface area contributed by atoms with Gasteiger partial charge in [-0.25, -0.2) is 0 Å². The van der Waals surface area contributed by atoms with E-state index < -0.39 is 5.60 Å². The van der Waals surface area contributed by atoms with E-state index in [2.05, 4.69) is 26.1 Å². The second kappa shape index (κ2) is 6.53. The van der Waals surface area contributed by atoms with Crippen LogP contribution in [0.15, 0.2) is 29.3 Å². The standard InChI is InChI=1S/C22H31ClN2O/c1-21(2,3)13-19(24-18-6-4-17(23)5-7-18)25-20-15-8-14-9-16(20)12-22(26,10-14)11-15/h4-7,14-16,20,26H,8-13H2,1-3H3,(H,24,25). The highest BCUT2D eigenvalue weighted by molar-refractivity contribution is 6.30. The maximum Gasteiger partial charge on any atom is 0.102 e. The molecule has 4 saturated carbocycles. The summed E-state index contributed by atoms with van der Waals surface area (Å²) in [5.74, 6) is 2.89. The summed E-state index contributed by atoms with van der Waals surface area (Å²) in [6.07, 6.45) is 6.32. The molecule has 1 aromatic carbocycles. The Morgan fingerprint density at radius 1 is 1.15 bits per heavy atom. The topological polar surface area (TPSA) is 44.6 Å². The summed E-state index contributed by atoms with van der Waals surface area (Å²) >= 11 is 6.02.